The molecule has 22 heavy (non-hydrogen) atoms. The molecule has 0 unspecified atom stereocenters. The minimum Gasteiger partial charge on any atom is -0.366 e. The fourth-order valence-corrected chi connectivity index (χ4v) is 3.35. The summed E-state index contributed by atoms with van der Waals surface area (Å²) in [5.74, 6) is -1.10. The van der Waals surface area contributed by atoms with E-state index in [4.69, 9.17) is 9.47 Å². The lowest BCUT2D eigenvalue weighted by Crippen LogP contribution is -2.44. The van der Waals surface area contributed by atoms with Crippen LogP contribution in [0, 0.1) is 21.8 Å². The van der Waals surface area contributed by atoms with Gasteiger partial charge in [0.2, 0.25) is 5.82 Å². The third-order valence-electron chi connectivity index (χ3n) is 4.59. The van der Waals surface area contributed by atoms with Gasteiger partial charge in [-0.05, 0) is 31.9 Å². The zero-order valence-corrected chi connectivity index (χ0v) is 12.5. The molecule has 0 N–H and O–H groups in total. The Kier molecular flexibility index (Phi) is 4.01. The Morgan fingerprint density at radius 1 is 1.32 bits per heavy atom. The molecule has 6 nitrogen and oxygen atoms in total. The lowest BCUT2D eigenvalue weighted by Gasteiger charge is -2.39. The van der Waals surface area contributed by atoms with E-state index in [0.717, 1.165) is 18.9 Å². The van der Waals surface area contributed by atoms with Crippen molar-refractivity contribution in [3.63, 3.8) is 0 Å². The minimum absolute atomic E-state index is 0.249. The molecule has 3 rings (SSSR count). The van der Waals surface area contributed by atoms with Crippen molar-refractivity contribution in [1.82, 2.24) is 0 Å². The molecule has 0 atom stereocenters. The number of para-hydroxylation sites is 1. The minimum atomic E-state index is -0.793. The number of piperidine rings is 1. The predicted octanol–water partition coefficient (Wildman–Crippen LogP) is 2.71. The second kappa shape index (κ2) is 5.81. The number of hydrogen-bond acceptors (Lipinski definition) is 5. The molecule has 2 heterocycles. The van der Waals surface area contributed by atoms with E-state index in [2.05, 4.69) is 0 Å². The fourth-order valence-electron chi connectivity index (χ4n) is 3.35. The molecule has 0 radical (unpaired) electrons. The van der Waals surface area contributed by atoms with Crippen LogP contribution in [-0.2, 0) is 9.47 Å². The van der Waals surface area contributed by atoms with E-state index < -0.39 is 22.2 Å². The van der Waals surface area contributed by atoms with Gasteiger partial charge in [-0.25, -0.2) is 0 Å². The molecule has 1 aromatic carbocycles. The number of nitro groups is 1. The van der Waals surface area contributed by atoms with E-state index in [-0.39, 0.29) is 5.92 Å². The first-order chi connectivity index (χ1) is 10.5. The van der Waals surface area contributed by atoms with Gasteiger partial charge in [-0.2, -0.15) is 4.39 Å². The summed E-state index contributed by atoms with van der Waals surface area (Å²) in [6.07, 6.45) is 1.59. The highest BCUT2D eigenvalue weighted by atomic mass is 19.1. The first-order valence-corrected chi connectivity index (χ1v) is 7.47. The topological polar surface area (TPSA) is 64.8 Å². The second-order valence-electron chi connectivity index (χ2n) is 5.84. The van der Waals surface area contributed by atoms with Crippen LogP contribution < -0.4 is 4.90 Å². The number of benzene rings is 1. The van der Waals surface area contributed by atoms with E-state index in [1.807, 2.05) is 11.8 Å². The quantitative estimate of drug-likeness (QED) is 0.634. The van der Waals surface area contributed by atoms with Crippen LogP contribution in [0.1, 0.15) is 19.8 Å². The Morgan fingerprint density at radius 3 is 2.55 bits per heavy atom. The maximum absolute atomic E-state index is 13.7. The summed E-state index contributed by atoms with van der Waals surface area (Å²) >= 11 is 0. The van der Waals surface area contributed by atoms with Gasteiger partial charge in [0.15, 0.2) is 5.79 Å². The molecule has 2 aliphatic rings. The van der Waals surface area contributed by atoms with Crippen molar-refractivity contribution < 1.29 is 18.8 Å². The highest BCUT2D eigenvalue weighted by Gasteiger charge is 2.41. The van der Waals surface area contributed by atoms with E-state index in [9.17, 15) is 14.5 Å². The largest absolute Gasteiger partial charge is 0.366 e. The third-order valence-corrected chi connectivity index (χ3v) is 4.59. The summed E-state index contributed by atoms with van der Waals surface area (Å²) < 4.78 is 25.1. The van der Waals surface area contributed by atoms with Crippen LogP contribution in [0.2, 0.25) is 0 Å². The number of nitrogens with zero attached hydrogens (tertiary/aromatic N) is 2. The first kappa shape index (κ1) is 15.2. The maximum atomic E-state index is 13.7. The summed E-state index contributed by atoms with van der Waals surface area (Å²) in [4.78, 5) is 12.3. The van der Waals surface area contributed by atoms with Gasteiger partial charge in [-0.3, -0.25) is 10.1 Å². The summed E-state index contributed by atoms with van der Waals surface area (Å²) in [5.41, 5.74) is -0.0950. The number of halogens is 1. The molecule has 0 aliphatic carbocycles. The Morgan fingerprint density at radius 2 is 1.95 bits per heavy atom. The summed E-state index contributed by atoms with van der Waals surface area (Å²) in [5, 5.41) is 11.1. The van der Waals surface area contributed by atoms with Crippen molar-refractivity contribution in [3.8, 4) is 0 Å². The number of nitro benzene ring substituents is 1. The molecular formula is C15H19FN2O4. The van der Waals surface area contributed by atoms with Gasteiger partial charge in [0.1, 0.15) is 5.69 Å². The van der Waals surface area contributed by atoms with Crippen molar-refractivity contribution in [2.75, 3.05) is 31.2 Å². The van der Waals surface area contributed by atoms with Crippen LogP contribution in [0.15, 0.2) is 18.2 Å². The van der Waals surface area contributed by atoms with Crippen molar-refractivity contribution in [2.24, 2.45) is 5.92 Å². The molecule has 7 heteroatoms. The lowest BCUT2D eigenvalue weighted by molar-refractivity contribution is -0.386. The van der Waals surface area contributed by atoms with E-state index in [0.29, 0.717) is 32.0 Å². The van der Waals surface area contributed by atoms with Crippen LogP contribution in [0.4, 0.5) is 15.8 Å². The number of rotatable bonds is 3. The molecular weight excluding hydrogens is 291 g/mol. The van der Waals surface area contributed by atoms with Crippen LogP contribution in [0.3, 0.4) is 0 Å². The Bertz CT molecular complexity index is 567. The Labute approximate surface area is 128 Å². The van der Waals surface area contributed by atoms with Gasteiger partial charge in [0.25, 0.3) is 0 Å². The maximum Gasteiger partial charge on any atom is 0.327 e. The van der Waals surface area contributed by atoms with E-state index >= 15 is 0 Å². The smallest absolute Gasteiger partial charge is 0.327 e. The normalized spacial score (nSPS) is 22.0. The van der Waals surface area contributed by atoms with Gasteiger partial charge in [-0.15, -0.1) is 0 Å². The number of hydrogen-bond donors (Lipinski definition) is 0. The number of ether oxygens (including phenoxy) is 2. The van der Waals surface area contributed by atoms with E-state index in [1.165, 1.54) is 6.07 Å². The molecule has 1 aromatic rings. The average molecular weight is 310 g/mol. The molecule has 120 valence electrons. The zero-order valence-electron chi connectivity index (χ0n) is 12.5. The molecule has 0 spiro atoms. The molecule has 0 bridgehead atoms. The average Bonchev–Trinajstić information content (AvgIpc) is 2.95. The molecule has 2 saturated heterocycles. The highest BCUT2D eigenvalue weighted by Crippen LogP contribution is 2.38. The monoisotopic (exact) mass is 310 g/mol. The van der Waals surface area contributed by atoms with Gasteiger partial charge in [-0.1, -0.05) is 6.07 Å². The first-order valence-electron chi connectivity index (χ1n) is 7.47. The SMILES string of the molecule is CC1(C2CCN(c3cccc(F)c3[N+](=O)[O-])CC2)OCCO1. The molecule has 2 fully saturated rings. The number of anilines is 1. The van der Waals surface area contributed by atoms with Crippen LogP contribution >= 0.6 is 0 Å². The van der Waals surface area contributed by atoms with Gasteiger partial charge < -0.3 is 14.4 Å². The standard InChI is InChI=1S/C15H19FN2O4/c1-15(21-9-10-22-15)11-5-7-17(8-6-11)13-4-2-3-12(16)14(13)18(19)20/h2-4,11H,5-10H2,1H3. The van der Waals surface area contributed by atoms with Gasteiger partial charge in [0.05, 0.1) is 18.1 Å². The van der Waals surface area contributed by atoms with Gasteiger partial charge >= 0.3 is 5.69 Å². The molecule has 0 amide bonds. The zero-order chi connectivity index (χ0) is 15.7. The van der Waals surface area contributed by atoms with Crippen molar-refractivity contribution in [2.45, 2.75) is 25.6 Å². The van der Waals surface area contributed by atoms with Crippen molar-refractivity contribution in [3.05, 3.63) is 34.1 Å². The van der Waals surface area contributed by atoms with Crippen LogP contribution in [-0.4, -0.2) is 37.0 Å². The van der Waals surface area contributed by atoms with Crippen molar-refractivity contribution >= 4 is 11.4 Å². The molecule has 2 aliphatic heterocycles. The second-order valence-corrected chi connectivity index (χ2v) is 5.84. The third kappa shape index (κ3) is 2.66. The lowest BCUT2D eigenvalue weighted by atomic mass is 9.89. The predicted molar refractivity (Wildman–Crippen MR) is 78.3 cm³/mol. The van der Waals surface area contributed by atoms with Crippen LogP contribution in [0.5, 0.6) is 0 Å². The van der Waals surface area contributed by atoms with Gasteiger partial charge in [0, 0.05) is 19.0 Å². The molecule has 0 saturated carbocycles. The van der Waals surface area contributed by atoms with Crippen LogP contribution in [0.25, 0.3) is 0 Å². The van der Waals surface area contributed by atoms with Crippen molar-refractivity contribution in [1.29, 1.82) is 0 Å². The summed E-state index contributed by atoms with van der Waals surface area (Å²) in [6, 6.07) is 4.23. The fraction of sp³-hybridized carbons (Fsp3) is 0.600. The summed E-state index contributed by atoms with van der Waals surface area (Å²) in [6.45, 7) is 4.40. The summed E-state index contributed by atoms with van der Waals surface area (Å²) in [7, 11) is 0. The highest BCUT2D eigenvalue weighted by molar-refractivity contribution is 5.64. The Hall–Kier alpha value is -1.73. The molecule has 0 aromatic heterocycles. The Balaban J connectivity index is 1.74. The van der Waals surface area contributed by atoms with E-state index in [1.54, 1.807) is 6.07 Å².